The van der Waals surface area contributed by atoms with Gasteiger partial charge in [-0.15, -0.1) is 11.6 Å². The summed E-state index contributed by atoms with van der Waals surface area (Å²) in [7, 11) is -6.67. The van der Waals surface area contributed by atoms with Crippen molar-refractivity contribution in [1.82, 2.24) is 0 Å². The summed E-state index contributed by atoms with van der Waals surface area (Å²) in [5.41, 5.74) is 4.93. The SMILES string of the molecule is CC(C)(C)S(=O)(=O)CC1c2ccccc2-c2cc(CC(C)(C)S(=O)(=O)CCCl)ccc21. The topological polar surface area (TPSA) is 68.3 Å². The molecule has 0 fully saturated rings. The molecule has 4 nitrogen and oxygen atoms in total. The summed E-state index contributed by atoms with van der Waals surface area (Å²) < 4.78 is 49.5. The Bertz CT molecular complexity index is 1190. The largest absolute Gasteiger partial charge is 0.228 e. The summed E-state index contributed by atoms with van der Waals surface area (Å²) in [5, 5.41) is 0. The Labute approximate surface area is 191 Å². The molecule has 0 radical (unpaired) electrons. The van der Waals surface area contributed by atoms with Gasteiger partial charge >= 0.3 is 0 Å². The predicted octanol–water partition coefficient (Wildman–Crippen LogP) is 4.99. The smallest absolute Gasteiger partial charge is 0.156 e. The Hall–Kier alpha value is -1.37. The van der Waals surface area contributed by atoms with E-state index in [1.165, 1.54) is 0 Å². The van der Waals surface area contributed by atoms with Gasteiger partial charge < -0.3 is 0 Å². The molecule has 0 saturated carbocycles. The Morgan fingerprint density at radius 2 is 1.45 bits per heavy atom. The maximum atomic E-state index is 13.0. The van der Waals surface area contributed by atoms with E-state index in [9.17, 15) is 16.8 Å². The van der Waals surface area contributed by atoms with Crippen molar-refractivity contribution in [2.45, 2.75) is 56.5 Å². The van der Waals surface area contributed by atoms with Crippen molar-refractivity contribution >= 4 is 31.3 Å². The van der Waals surface area contributed by atoms with E-state index in [0.29, 0.717) is 6.42 Å². The van der Waals surface area contributed by atoms with Gasteiger partial charge in [0, 0.05) is 11.8 Å². The zero-order chi connectivity index (χ0) is 23.2. The number of benzene rings is 2. The lowest BCUT2D eigenvalue weighted by atomic mass is 9.95. The molecule has 0 bridgehead atoms. The lowest BCUT2D eigenvalue weighted by Crippen LogP contribution is -2.36. The summed E-state index contributed by atoms with van der Waals surface area (Å²) in [4.78, 5) is 0. The van der Waals surface area contributed by atoms with E-state index in [4.69, 9.17) is 11.6 Å². The molecular formula is C24H31ClO4S2. The molecule has 0 N–H and O–H groups in total. The first-order valence-electron chi connectivity index (χ1n) is 10.4. The van der Waals surface area contributed by atoms with E-state index in [-0.39, 0.29) is 23.3 Å². The van der Waals surface area contributed by atoms with Gasteiger partial charge in [0.2, 0.25) is 0 Å². The number of hydrogen-bond acceptors (Lipinski definition) is 4. The molecule has 0 aliphatic heterocycles. The third kappa shape index (κ3) is 4.57. The second-order valence-corrected chi connectivity index (χ2v) is 15.8. The second-order valence-electron chi connectivity index (χ2n) is 9.90. The molecule has 2 aromatic rings. The van der Waals surface area contributed by atoms with Crippen LogP contribution in [-0.2, 0) is 26.1 Å². The van der Waals surface area contributed by atoms with Crippen LogP contribution in [0.2, 0.25) is 0 Å². The molecule has 3 rings (SSSR count). The van der Waals surface area contributed by atoms with Crippen molar-refractivity contribution < 1.29 is 16.8 Å². The van der Waals surface area contributed by atoms with Crippen LogP contribution in [0, 0.1) is 0 Å². The molecule has 1 aliphatic carbocycles. The van der Waals surface area contributed by atoms with E-state index in [2.05, 4.69) is 0 Å². The molecule has 0 saturated heterocycles. The minimum Gasteiger partial charge on any atom is -0.228 e. The molecule has 2 aromatic carbocycles. The number of halogens is 1. The van der Waals surface area contributed by atoms with Crippen LogP contribution in [-0.4, -0.2) is 43.7 Å². The lowest BCUT2D eigenvalue weighted by molar-refractivity contribution is 0.545. The Morgan fingerprint density at radius 3 is 2.06 bits per heavy atom. The van der Waals surface area contributed by atoms with Crippen molar-refractivity contribution in [3.8, 4) is 11.1 Å². The average Bonchev–Trinajstić information content (AvgIpc) is 2.93. The Balaban J connectivity index is 2.03. The highest BCUT2D eigenvalue weighted by atomic mass is 35.5. The molecular weight excluding hydrogens is 452 g/mol. The van der Waals surface area contributed by atoms with Crippen LogP contribution in [0.3, 0.4) is 0 Å². The minimum absolute atomic E-state index is 0.0510. The van der Waals surface area contributed by atoms with Crippen LogP contribution in [0.1, 0.15) is 57.2 Å². The van der Waals surface area contributed by atoms with Gasteiger partial charge in [0.15, 0.2) is 19.7 Å². The van der Waals surface area contributed by atoms with Crippen molar-refractivity contribution in [2.75, 3.05) is 17.4 Å². The molecule has 1 aliphatic rings. The molecule has 7 heteroatoms. The maximum Gasteiger partial charge on any atom is 0.156 e. The summed E-state index contributed by atoms with van der Waals surface area (Å²) in [5.74, 6) is -0.150. The molecule has 0 aromatic heterocycles. The fraction of sp³-hybridized carbons (Fsp3) is 0.500. The highest BCUT2D eigenvalue weighted by Gasteiger charge is 2.38. The van der Waals surface area contributed by atoms with Crippen LogP contribution in [0.4, 0.5) is 0 Å². The number of alkyl halides is 1. The Kier molecular flexibility index (Phi) is 6.42. The summed E-state index contributed by atoms with van der Waals surface area (Å²) in [6, 6.07) is 13.8. The summed E-state index contributed by atoms with van der Waals surface area (Å²) in [6.45, 7) is 8.66. The lowest BCUT2D eigenvalue weighted by Gasteiger charge is -2.25. The van der Waals surface area contributed by atoms with Gasteiger partial charge in [-0.05, 0) is 68.9 Å². The van der Waals surface area contributed by atoms with Crippen molar-refractivity contribution in [3.05, 3.63) is 59.2 Å². The number of sulfone groups is 2. The van der Waals surface area contributed by atoms with Crippen molar-refractivity contribution in [1.29, 1.82) is 0 Å². The summed E-state index contributed by atoms with van der Waals surface area (Å²) >= 11 is 5.70. The first kappa shape index (κ1) is 24.3. The number of rotatable bonds is 7. The van der Waals surface area contributed by atoms with Gasteiger partial charge in [0.25, 0.3) is 0 Å². The molecule has 170 valence electrons. The molecule has 0 amide bonds. The quantitative estimate of drug-likeness (QED) is 0.521. The molecule has 1 unspecified atom stereocenters. The highest BCUT2D eigenvalue weighted by molar-refractivity contribution is 7.93. The second kappa shape index (κ2) is 8.20. The third-order valence-electron chi connectivity index (χ3n) is 6.26. The fourth-order valence-electron chi connectivity index (χ4n) is 4.09. The maximum absolute atomic E-state index is 13.0. The Morgan fingerprint density at radius 1 is 0.839 bits per heavy atom. The minimum atomic E-state index is -3.35. The van der Waals surface area contributed by atoms with Gasteiger partial charge in [0.05, 0.1) is 21.0 Å². The zero-order valence-electron chi connectivity index (χ0n) is 18.8. The normalized spacial score (nSPS) is 16.8. The predicted molar refractivity (Wildman–Crippen MR) is 130 cm³/mol. The standard InChI is InChI=1S/C24H31ClO4S2/c1-23(2,3)31(28,29)16-22-19-9-7-6-8-18(19)21-14-17(10-11-20(21)22)15-24(4,5)30(26,27)13-12-25/h6-11,14,22H,12-13,15-16H2,1-5H3. The fourth-order valence-corrected chi connectivity index (χ4v) is 7.14. The van der Waals surface area contributed by atoms with Crippen LogP contribution in [0.5, 0.6) is 0 Å². The van der Waals surface area contributed by atoms with Crippen molar-refractivity contribution in [3.63, 3.8) is 0 Å². The number of hydrogen-bond donors (Lipinski definition) is 0. The third-order valence-corrected chi connectivity index (χ3v) is 11.9. The molecule has 1 atom stereocenters. The van der Waals surface area contributed by atoms with Crippen LogP contribution < -0.4 is 0 Å². The first-order chi connectivity index (χ1) is 14.2. The summed E-state index contributed by atoms with van der Waals surface area (Å²) in [6.07, 6.45) is 0.368. The van der Waals surface area contributed by atoms with E-state index >= 15 is 0 Å². The van der Waals surface area contributed by atoms with Gasteiger partial charge in [-0.2, -0.15) is 0 Å². The number of fused-ring (bicyclic) bond motifs is 3. The molecule has 0 heterocycles. The van der Waals surface area contributed by atoms with E-state index in [0.717, 1.165) is 27.8 Å². The van der Waals surface area contributed by atoms with Crippen LogP contribution in [0.15, 0.2) is 42.5 Å². The van der Waals surface area contributed by atoms with Gasteiger partial charge in [0.1, 0.15) is 0 Å². The van der Waals surface area contributed by atoms with Gasteiger partial charge in [-0.25, -0.2) is 16.8 Å². The van der Waals surface area contributed by atoms with Crippen LogP contribution >= 0.6 is 11.6 Å². The average molecular weight is 483 g/mol. The van der Waals surface area contributed by atoms with Crippen molar-refractivity contribution in [2.24, 2.45) is 0 Å². The van der Waals surface area contributed by atoms with Gasteiger partial charge in [-0.1, -0.05) is 42.5 Å². The monoisotopic (exact) mass is 482 g/mol. The molecule has 31 heavy (non-hydrogen) atoms. The first-order valence-corrected chi connectivity index (χ1v) is 14.3. The van der Waals surface area contributed by atoms with Crippen LogP contribution in [0.25, 0.3) is 11.1 Å². The van der Waals surface area contributed by atoms with E-state index in [1.54, 1.807) is 34.6 Å². The molecule has 0 spiro atoms. The van der Waals surface area contributed by atoms with E-state index < -0.39 is 29.2 Å². The van der Waals surface area contributed by atoms with Gasteiger partial charge in [-0.3, -0.25) is 0 Å². The zero-order valence-corrected chi connectivity index (χ0v) is 21.2. The highest BCUT2D eigenvalue weighted by Crippen LogP contribution is 2.46. The van der Waals surface area contributed by atoms with E-state index in [1.807, 2.05) is 42.5 Å².